The summed E-state index contributed by atoms with van der Waals surface area (Å²) in [4.78, 5) is 10.7. The van der Waals surface area contributed by atoms with Crippen molar-refractivity contribution in [2.75, 3.05) is 12.0 Å². The van der Waals surface area contributed by atoms with Crippen LogP contribution in [0.25, 0.3) is 0 Å². The molecule has 4 nitrogen and oxygen atoms in total. The summed E-state index contributed by atoms with van der Waals surface area (Å²) in [6, 6.07) is 1.35. The highest BCUT2D eigenvalue weighted by Crippen LogP contribution is 2.23. The van der Waals surface area contributed by atoms with Crippen LogP contribution in [0, 0.1) is 0 Å². The van der Waals surface area contributed by atoms with Crippen molar-refractivity contribution in [2.24, 2.45) is 0 Å². The number of hydrogen-bond donors (Lipinski definition) is 2. The summed E-state index contributed by atoms with van der Waals surface area (Å²) in [5, 5.41) is 18.4. The van der Waals surface area contributed by atoms with E-state index in [1.165, 1.54) is 12.3 Å². The molecule has 0 radical (unpaired) electrons. The van der Waals surface area contributed by atoms with Crippen LogP contribution in [0.2, 0.25) is 0 Å². The number of rotatable bonds is 5. The highest BCUT2D eigenvalue weighted by Gasteiger charge is 2.19. The topological polar surface area (TPSA) is 70.7 Å². The van der Waals surface area contributed by atoms with Gasteiger partial charge in [-0.25, -0.2) is 4.79 Å². The SMILES string of the molecule is CSCCC(O)c1occc1C(=O)O. The van der Waals surface area contributed by atoms with Crippen molar-refractivity contribution in [1.82, 2.24) is 0 Å². The molecule has 0 aliphatic heterocycles. The van der Waals surface area contributed by atoms with Crippen LogP contribution in [0.3, 0.4) is 0 Å². The van der Waals surface area contributed by atoms with Crippen LogP contribution in [0.5, 0.6) is 0 Å². The lowest BCUT2D eigenvalue weighted by atomic mass is 10.1. The predicted molar refractivity (Wildman–Crippen MR) is 53.6 cm³/mol. The van der Waals surface area contributed by atoms with E-state index in [0.717, 1.165) is 5.75 Å². The highest BCUT2D eigenvalue weighted by molar-refractivity contribution is 7.98. The Morgan fingerprint density at radius 3 is 3.00 bits per heavy atom. The molecule has 0 saturated carbocycles. The minimum Gasteiger partial charge on any atom is -0.478 e. The smallest absolute Gasteiger partial charge is 0.339 e. The third-order valence-corrected chi connectivity index (χ3v) is 2.47. The average Bonchev–Trinajstić information content (AvgIpc) is 2.62. The largest absolute Gasteiger partial charge is 0.478 e. The Bertz CT molecular complexity index is 308. The third-order valence-electron chi connectivity index (χ3n) is 1.82. The molecule has 5 heteroatoms. The second kappa shape index (κ2) is 5.07. The fourth-order valence-corrected chi connectivity index (χ4v) is 1.58. The number of hydrogen-bond acceptors (Lipinski definition) is 4. The molecule has 0 aliphatic rings. The predicted octanol–water partition coefficient (Wildman–Crippen LogP) is 1.76. The average molecular weight is 216 g/mol. The highest BCUT2D eigenvalue weighted by atomic mass is 32.2. The second-order valence-electron chi connectivity index (χ2n) is 2.80. The number of carboxylic acids is 1. The zero-order valence-electron chi connectivity index (χ0n) is 7.77. The Balaban J connectivity index is 2.73. The van der Waals surface area contributed by atoms with Crippen LogP contribution in [-0.2, 0) is 0 Å². The molecule has 0 aliphatic carbocycles. The summed E-state index contributed by atoms with van der Waals surface area (Å²) in [6.45, 7) is 0. The number of carboxylic acid groups (broad SMARTS) is 1. The number of aliphatic hydroxyl groups is 1. The molecular weight excluding hydrogens is 204 g/mol. The van der Waals surface area contributed by atoms with Crippen LogP contribution >= 0.6 is 11.8 Å². The van der Waals surface area contributed by atoms with Crippen molar-refractivity contribution in [3.63, 3.8) is 0 Å². The first-order chi connectivity index (χ1) is 6.66. The molecule has 2 N–H and O–H groups in total. The molecule has 0 amide bonds. The number of aliphatic hydroxyl groups excluding tert-OH is 1. The van der Waals surface area contributed by atoms with Crippen LogP contribution in [0.15, 0.2) is 16.7 Å². The van der Waals surface area contributed by atoms with Gasteiger partial charge in [0, 0.05) is 0 Å². The van der Waals surface area contributed by atoms with Gasteiger partial charge in [-0.2, -0.15) is 11.8 Å². The minimum atomic E-state index is -1.07. The van der Waals surface area contributed by atoms with Crippen LogP contribution in [0.1, 0.15) is 28.6 Å². The van der Waals surface area contributed by atoms with Crippen LogP contribution in [-0.4, -0.2) is 28.2 Å². The summed E-state index contributed by atoms with van der Waals surface area (Å²) >= 11 is 1.59. The van der Waals surface area contributed by atoms with Gasteiger partial charge in [0.05, 0.1) is 6.26 Å². The maximum absolute atomic E-state index is 10.7. The van der Waals surface area contributed by atoms with Crippen molar-refractivity contribution < 1.29 is 19.4 Å². The minimum absolute atomic E-state index is 0.0404. The van der Waals surface area contributed by atoms with Crippen LogP contribution < -0.4 is 0 Å². The molecule has 0 spiro atoms. The van der Waals surface area contributed by atoms with Gasteiger partial charge >= 0.3 is 5.97 Å². The Kier molecular flexibility index (Phi) is 4.03. The second-order valence-corrected chi connectivity index (χ2v) is 3.79. The molecule has 1 aromatic heterocycles. The molecule has 1 atom stereocenters. The van der Waals surface area contributed by atoms with E-state index >= 15 is 0 Å². The summed E-state index contributed by atoms with van der Waals surface area (Å²) in [5.74, 6) is -0.163. The van der Waals surface area contributed by atoms with Crippen molar-refractivity contribution >= 4 is 17.7 Å². The molecule has 14 heavy (non-hydrogen) atoms. The van der Waals surface area contributed by atoms with Crippen molar-refractivity contribution in [2.45, 2.75) is 12.5 Å². The van der Waals surface area contributed by atoms with E-state index < -0.39 is 12.1 Å². The number of furan rings is 1. The lowest BCUT2D eigenvalue weighted by molar-refractivity contribution is 0.0682. The number of carbonyl (C=O) groups is 1. The Labute approximate surface area is 85.9 Å². The van der Waals surface area contributed by atoms with Gasteiger partial charge < -0.3 is 14.6 Å². The van der Waals surface area contributed by atoms with Gasteiger partial charge in [-0.05, 0) is 24.5 Å². The van der Waals surface area contributed by atoms with E-state index in [9.17, 15) is 9.90 Å². The Hall–Kier alpha value is -0.940. The Morgan fingerprint density at radius 1 is 1.71 bits per heavy atom. The van der Waals surface area contributed by atoms with Gasteiger partial charge in [0.25, 0.3) is 0 Å². The molecule has 1 unspecified atom stereocenters. The molecule has 0 fully saturated rings. The normalized spacial score (nSPS) is 12.7. The van der Waals surface area contributed by atoms with Gasteiger partial charge in [0.15, 0.2) is 0 Å². The van der Waals surface area contributed by atoms with E-state index in [4.69, 9.17) is 9.52 Å². The first-order valence-electron chi connectivity index (χ1n) is 4.14. The van der Waals surface area contributed by atoms with Gasteiger partial charge in [0.2, 0.25) is 0 Å². The van der Waals surface area contributed by atoms with E-state index in [0.29, 0.717) is 6.42 Å². The summed E-state index contributed by atoms with van der Waals surface area (Å²) in [5.41, 5.74) is 0.0404. The standard InChI is InChI=1S/C9H12O4S/c1-14-5-3-7(10)8-6(9(11)12)2-4-13-8/h2,4,7,10H,3,5H2,1H3,(H,11,12). The van der Waals surface area contributed by atoms with Crippen molar-refractivity contribution in [3.05, 3.63) is 23.7 Å². The quantitative estimate of drug-likeness (QED) is 0.784. The number of thioether (sulfide) groups is 1. The fraction of sp³-hybridized carbons (Fsp3) is 0.444. The molecule has 0 saturated heterocycles. The lowest BCUT2D eigenvalue weighted by Gasteiger charge is -2.07. The third kappa shape index (κ3) is 2.52. The Morgan fingerprint density at radius 2 is 2.43 bits per heavy atom. The molecular formula is C9H12O4S. The van der Waals surface area contributed by atoms with Gasteiger partial charge in [0.1, 0.15) is 17.4 Å². The molecule has 1 aromatic rings. The molecule has 0 aromatic carbocycles. The maximum atomic E-state index is 10.7. The van der Waals surface area contributed by atoms with Crippen molar-refractivity contribution in [3.8, 4) is 0 Å². The first kappa shape index (κ1) is 11.1. The zero-order chi connectivity index (χ0) is 10.6. The molecule has 1 rings (SSSR count). The summed E-state index contributed by atoms with van der Waals surface area (Å²) in [6.07, 6.45) is 2.87. The number of aromatic carboxylic acids is 1. The van der Waals surface area contributed by atoms with Gasteiger partial charge in [-0.1, -0.05) is 0 Å². The summed E-state index contributed by atoms with van der Waals surface area (Å²) in [7, 11) is 0. The van der Waals surface area contributed by atoms with E-state index in [2.05, 4.69) is 0 Å². The van der Waals surface area contributed by atoms with E-state index in [1.54, 1.807) is 11.8 Å². The van der Waals surface area contributed by atoms with Gasteiger partial charge in [-0.3, -0.25) is 0 Å². The zero-order valence-corrected chi connectivity index (χ0v) is 8.58. The first-order valence-corrected chi connectivity index (χ1v) is 5.54. The van der Waals surface area contributed by atoms with E-state index in [-0.39, 0.29) is 11.3 Å². The van der Waals surface area contributed by atoms with Gasteiger partial charge in [-0.15, -0.1) is 0 Å². The monoisotopic (exact) mass is 216 g/mol. The lowest BCUT2D eigenvalue weighted by Crippen LogP contribution is -2.05. The fourth-order valence-electron chi connectivity index (χ4n) is 1.12. The molecule has 0 bridgehead atoms. The summed E-state index contributed by atoms with van der Waals surface area (Å²) < 4.78 is 4.94. The molecule has 1 heterocycles. The molecule has 78 valence electrons. The van der Waals surface area contributed by atoms with Crippen LogP contribution in [0.4, 0.5) is 0 Å². The maximum Gasteiger partial charge on any atom is 0.339 e. The van der Waals surface area contributed by atoms with Crippen molar-refractivity contribution in [1.29, 1.82) is 0 Å². The van der Waals surface area contributed by atoms with E-state index in [1.807, 2.05) is 6.26 Å².